The maximum Gasteiger partial charge on any atom is 0.246 e. The zero-order valence-corrected chi connectivity index (χ0v) is 15.4. The first-order valence-electron chi connectivity index (χ1n) is 8.29. The molecule has 1 aromatic carbocycles. The smallest absolute Gasteiger partial charge is 0.246 e. The van der Waals surface area contributed by atoms with Gasteiger partial charge in [-0.3, -0.25) is 4.79 Å². The molecule has 5 nitrogen and oxygen atoms in total. The SMILES string of the molecule is CCCN(C(=O)/C=C/c1ccc(N(C)C)cc1)[C@@H]1CCS(=O)(=O)C1. The second-order valence-corrected chi connectivity index (χ2v) is 8.64. The third-order valence-electron chi connectivity index (χ3n) is 4.22. The van der Waals surface area contributed by atoms with Crippen LogP contribution in [0, 0.1) is 0 Å². The van der Waals surface area contributed by atoms with Crippen molar-refractivity contribution in [1.82, 2.24) is 4.90 Å². The molecule has 1 saturated heterocycles. The molecule has 132 valence electrons. The highest BCUT2D eigenvalue weighted by Gasteiger charge is 2.33. The molecule has 0 unspecified atom stereocenters. The third kappa shape index (κ3) is 4.84. The van der Waals surface area contributed by atoms with Crippen LogP contribution in [0.4, 0.5) is 5.69 Å². The highest BCUT2D eigenvalue weighted by atomic mass is 32.2. The monoisotopic (exact) mass is 350 g/mol. The maximum absolute atomic E-state index is 12.5. The lowest BCUT2D eigenvalue weighted by Gasteiger charge is -2.26. The van der Waals surface area contributed by atoms with E-state index in [2.05, 4.69) is 0 Å². The highest BCUT2D eigenvalue weighted by molar-refractivity contribution is 7.91. The summed E-state index contributed by atoms with van der Waals surface area (Å²) in [6.07, 6.45) is 4.69. The summed E-state index contributed by atoms with van der Waals surface area (Å²) in [6.45, 7) is 2.58. The Labute approximate surface area is 144 Å². The van der Waals surface area contributed by atoms with Gasteiger partial charge in [0.1, 0.15) is 0 Å². The van der Waals surface area contributed by atoms with Crippen molar-refractivity contribution in [3.05, 3.63) is 35.9 Å². The van der Waals surface area contributed by atoms with E-state index >= 15 is 0 Å². The minimum absolute atomic E-state index is 0.0874. The largest absolute Gasteiger partial charge is 0.378 e. The summed E-state index contributed by atoms with van der Waals surface area (Å²) >= 11 is 0. The number of sulfone groups is 1. The number of hydrogen-bond acceptors (Lipinski definition) is 4. The molecule has 0 bridgehead atoms. The molecule has 0 aromatic heterocycles. The van der Waals surface area contributed by atoms with Crippen molar-refractivity contribution in [2.75, 3.05) is 37.0 Å². The first kappa shape index (κ1) is 18.5. The number of benzene rings is 1. The van der Waals surface area contributed by atoms with Gasteiger partial charge in [0.2, 0.25) is 5.91 Å². The summed E-state index contributed by atoms with van der Waals surface area (Å²) in [5, 5.41) is 0. The van der Waals surface area contributed by atoms with Crippen LogP contribution < -0.4 is 4.90 Å². The molecule has 1 heterocycles. The second kappa shape index (κ2) is 7.83. The van der Waals surface area contributed by atoms with E-state index in [0.29, 0.717) is 13.0 Å². The Morgan fingerprint density at radius 2 is 1.92 bits per heavy atom. The number of rotatable bonds is 6. The zero-order chi connectivity index (χ0) is 17.7. The summed E-state index contributed by atoms with van der Waals surface area (Å²) in [7, 11) is 0.963. The minimum atomic E-state index is -2.99. The quantitative estimate of drug-likeness (QED) is 0.738. The lowest BCUT2D eigenvalue weighted by molar-refractivity contribution is -0.127. The molecule has 0 radical (unpaired) electrons. The third-order valence-corrected chi connectivity index (χ3v) is 5.97. The van der Waals surface area contributed by atoms with Gasteiger partial charge >= 0.3 is 0 Å². The Bertz CT molecular complexity index is 693. The predicted molar refractivity (Wildman–Crippen MR) is 98.9 cm³/mol. The number of anilines is 1. The topological polar surface area (TPSA) is 57.7 Å². The van der Waals surface area contributed by atoms with Gasteiger partial charge in [0.25, 0.3) is 0 Å². The van der Waals surface area contributed by atoms with E-state index in [1.807, 2.05) is 50.2 Å². The molecule has 1 atom stereocenters. The molecular weight excluding hydrogens is 324 g/mol. The van der Waals surface area contributed by atoms with Crippen molar-refractivity contribution >= 4 is 27.5 Å². The number of amides is 1. The standard InChI is InChI=1S/C18H26N2O3S/c1-4-12-20(17-11-13-24(22,23)14-17)18(21)10-7-15-5-8-16(9-6-15)19(2)3/h5-10,17H,4,11-14H2,1-3H3/b10-7+/t17-/m1/s1. The van der Waals surface area contributed by atoms with Crippen molar-refractivity contribution in [2.45, 2.75) is 25.8 Å². The van der Waals surface area contributed by atoms with Crippen molar-refractivity contribution in [1.29, 1.82) is 0 Å². The fourth-order valence-corrected chi connectivity index (χ4v) is 4.61. The Kier molecular flexibility index (Phi) is 6.04. The molecule has 0 aliphatic carbocycles. The van der Waals surface area contributed by atoms with Gasteiger partial charge in [-0.05, 0) is 36.6 Å². The highest BCUT2D eigenvalue weighted by Crippen LogP contribution is 2.19. The summed E-state index contributed by atoms with van der Waals surface area (Å²) in [5.74, 6) is 0.154. The fraction of sp³-hybridized carbons (Fsp3) is 0.500. The van der Waals surface area contributed by atoms with E-state index in [1.54, 1.807) is 17.1 Å². The molecule has 6 heteroatoms. The van der Waals surface area contributed by atoms with Gasteiger partial charge < -0.3 is 9.80 Å². The molecule has 0 spiro atoms. The molecule has 1 aliphatic rings. The summed E-state index contributed by atoms with van der Waals surface area (Å²) in [4.78, 5) is 16.2. The van der Waals surface area contributed by atoms with Crippen LogP contribution >= 0.6 is 0 Å². The van der Waals surface area contributed by atoms with Crippen molar-refractivity contribution in [2.24, 2.45) is 0 Å². The van der Waals surface area contributed by atoms with Gasteiger partial charge in [0.05, 0.1) is 11.5 Å². The van der Waals surface area contributed by atoms with E-state index in [4.69, 9.17) is 0 Å². The Morgan fingerprint density at radius 3 is 2.42 bits per heavy atom. The lowest BCUT2D eigenvalue weighted by atomic mass is 10.1. The van der Waals surface area contributed by atoms with Gasteiger partial charge in [0, 0.05) is 38.4 Å². The molecule has 1 aliphatic heterocycles. The van der Waals surface area contributed by atoms with Crippen molar-refractivity contribution in [3.8, 4) is 0 Å². The first-order chi connectivity index (χ1) is 11.3. The zero-order valence-electron chi connectivity index (χ0n) is 14.6. The van der Waals surface area contributed by atoms with Gasteiger partial charge in [-0.15, -0.1) is 0 Å². The van der Waals surface area contributed by atoms with Crippen LogP contribution in [0.15, 0.2) is 30.3 Å². The van der Waals surface area contributed by atoms with Crippen LogP contribution in [0.25, 0.3) is 6.08 Å². The normalized spacial score (nSPS) is 19.5. The van der Waals surface area contributed by atoms with Crippen LogP contribution in [-0.2, 0) is 14.6 Å². The van der Waals surface area contributed by atoms with Gasteiger partial charge in [-0.1, -0.05) is 19.1 Å². The Morgan fingerprint density at radius 1 is 1.25 bits per heavy atom. The molecule has 1 aromatic rings. The van der Waals surface area contributed by atoms with Crippen LogP contribution in [0.3, 0.4) is 0 Å². The Hall–Kier alpha value is -1.82. The molecule has 1 amide bonds. The molecule has 2 rings (SSSR count). The first-order valence-corrected chi connectivity index (χ1v) is 10.1. The molecule has 0 saturated carbocycles. The number of carbonyl (C=O) groups excluding carboxylic acids is 1. The van der Waals surface area contributed by atoms with E-state index in [1.165, 1.54) is 0 Å². The van der Waals surface area contributed by atoms with Crippen LogP contribution in [0.5, 0.6) is 0 Å². The molecule has 0 N–H and O–H groups in total. The summed E-state index contributed by atoms with van der Waals surface area (Å²) in [5.41, 5.74) is 2.05. The lowest BCUT2D eigenvalue weighted by Crippen LogP contribution is -2.40. The second-order valence-electron chi connectivity index (χ2n) is 6.41. The van der Waals surface area contributed by atoms with E-state index in [9.17, 15) is 13.2 Å². The van der Waals surface area contributed by atoms with E-state index < -0.39 is 9.84 Å². The molecule has 24 heavy (non-hydrogen) atoms. The number of nitrogens with zero attached hydrogens (tertiary/aromatic N) is 2. The fourth-order valence-electron chi connectivity index (χ4n) is 2.88. The van der Waals surface area contributed by atoms with Crippen molar-refractivity contribution < 1.29 is 13.2 Å². The van der Waals surface area contributed by atoms with Gasteiger partial charge in [-0.25, -0.2) is 8.42 Å². The molecular formula is C18H26N2O3S. The van der Waals surface area contributed by atoms with Crippen LogP contribution in [0.2, 0.25) is 0 Å². The predicted octanol–water partition coefficient (Wildman–Crippen LogP) is 2.19. The number of hydrogen-bond donors (Lipinski definition) is 0. The van der Waals surface area contributed by atoms with Gasteiger partial charge in [0.15, 0.2) is 9.84 Å². The van der Waals surface area contributed by atoms with E-state index in [-0.39, 0.29) is 23.5 Å². The van der Waals surface area contributed by atoms with Crippen LogP contribution in [-0.4, -0.2) is 57.4 Å². The Balaban J connectivity index is 2.07. The molecule has 1 fully saturated rings. The number of carbonyl (C=O) groups is 1. The van der Waals surface area contributed by atoms with Gasteiger partial charge in [-0.2, -0.15) is 0 Å². The van der Waals surface area contributed by atoms with Crippen LogP contribution in [0.1, 0.15) is 25.3 Å². The maximum atomic E-state index is 12.5. The minimum Gasteiger partial charge on any atom is -0.378 e. The van der Waals surface area contributed by atoms with Crippen molar-refractivity contribution in [3.63, 3.8) is 0 Å². The summed E-state index contributed by atoms with van der Waals surface area (Å²) < 4.78 is 23.4. The average Bonchev–Trinajstić information content (AvgIpc) is 2.90. The van der Waals surface area contributed by atoms with E-state index in [0.717, 1.165) is 17.7 Å². The summed E-state index contributed by atoms with van der Waals surface area (Å²) in [6, 6.07) is 7.73. The average molecular weight is 350 g/mol.